The highest BCUT2D eigenvalue weighted by molar-refractivity contribution is 7.84. The second-order valence-electron chi connectivity index (χ2n) is 7.05. The third kappa shape index (κ3) is 5.48. The van der Waals surface area contributed by atoms with Gasteiger partial charge in [0.2, 0.25) is 0 Å². The fraction of sp³-hybridized carbons (Fsp3) is 0.111. The highest BCUT2D eigenvalue weighted by atomic mass is 31.2. The van der Waals surface area contributed by atoms with Crippen LogP contribution in [0.25, 0.3) is 0 Å². The summed E-state index contributed by atoms with van der Waals surface area (Å²) in [7, 11) is -1.75. The molecule has 0 heterocycles. The largest absolute Gasteiger partial charge is 0.290 e. The van der Waals surface area contributed by atoms with Gasteiger partial charge in [-0.05, 0) is 27.6 Å². The van der Waals surface area contributed by atoms with Crippen molar-refractivity contribution in [2.45, 2.75) is 13.3 Å². The number of nitrogens with zero attached hydrogens (tertiary/aromatic N) is 1. The van der Waals surface area contributed by atoms with Crippen molar-refractivity contribution in [1.29, 1.82) is 0 Å². The summed E-state index contributed by atoms with van der Waals surface area (Å²) in [6, 6.07) is 43.1. The highest BCUT2D eigenvalue weighted by Crippen LogP contribution is 2.54. The number of hydrogen-bond donors (Lipinski definition) is 0. The van der Waals surface area contributed by atoms with Gasteiger partial charge in [0.15, 0.2) is 0 Å². The van der Waals surface area contributed by atoms with E-state index in [0.717, 1.165) is 6.42 Å². The van der Waals surface area contributed by atoms with Gasteiger partial charge in [-0.1, -0.05) is 128 Å². The van der Waals surface area contributed by atoms with E-state index in [4.69, 9.17) is 4.84 Å². The lowest BCUT2D eigenvalue weighted by molar-refractivity contribution is -0.00521. The van der Waals surface area contributed by atoms with E-state index in [1.165, 1.54) is 21.2 Å². The van der Waals surface area contributed by atoms with Crippen LogP contribution in [0.4, 0.5) is 0 Å². The van der Waals surface area contributed by atoms with Crippen molar-refractivity contribution in [3.05, 3.63) is 121 Å². The van der Waals surface area contributed by atoms with Gasteiger partial charge in [-0.3, -0.25) is 4.84 Å². The Bertz CT molecular complexity index is 868. The molecular weight excluding hydrogens is 416 g/mol. The molecule has 4 rings (SSSR count). The Balaban J connectivity index is 1.89. The minimum absolute atomic E-state index is 0.691. The molecule has 0 radical (unpaired) electrons. The Hall–Kier alpha value is -2.34. The Morgan fingerprint density at radius 1 is 0.516 bits per heavy atom. The molecule has 0 aliphatic heterocycles. The first-order valence-electron chi connectivity index (χ1n) is 10.6. The van der Waals surface area contributed by atoms with Gasteiger partial charge in [0.25, 0.3) is 0 Å². The van der Waals surface area contributed by atoms with Crippen LogP contribution in [0.2, 0.25) is 0 Å². The van der Waals surface area contributed by atoms with Gasteiger partial charge in [-0.2, -0.15) is 0 Å². The summed E-state index contributed by atoms with van der Waals surface area (Å²) in [5, 5.41) is 5.16. The minimum atomic E-state index is -0.873. The van der Waals surface area contributed by atoms with E-state index in [9.17, 15) is 0 Å². The zero-order chi connectivity index (χ0) is 21.3. The fourth-order valence-electron chi connectivity index (χ4n) is 3.35. The Labute approximate surface area is 188 Å². The molecule has 2 nitrogen and oxygen atoms in total. The molecule has 0 bridgehead atoms. The number of hydrogen-bond acceptors (Lipinski definition) is 2. The van der Waals surface area contributed by atoms with Gasteiger partial charge in [-0.15, -0.1) is 4.60 Å². The van der Waals surface area contributed by atoms with Crippen LogP contribution in [-0.4, -0.2) is 11.2 Å². The van der Waals surface area contributed by atoms with Crippen LogP contribution in [0.5, 0.6) is 0 Å². The lowest BCUT2D eigenvalue weighted by Crippen LogP contribution is -2.32. The predicted octanol–water partition coefficient (Wildman–Crippen LogP) is 5.73. The molecule has 0 N–H and O–H groups in total. The molecule has 156 valence electrons. The zero-order valence-electron chi connectivity index (χ0n) is 17.7. The second-order valence-corrected chi connectivity index (χ2v) is 11.4. The van der Waals surface area contributed by atoms with E-state index in [1.54, 1.807) is 0 Å². The van der Waals surface area contributed by atoms with Crippen molar-refractivity contribution < 1.29 is 4.84 Å². The van der Waals surface area contributed by atoms with Crippen molar-refractivity contribution in [2.75, 3.05) is 6.61 Å². The Morgan fingerprint density at radius 3 is 1.06 bits per heavy atom. The number of rotatable bonds is 9. The van der Waals surface area contributed by atoms with Gasteiger partial charge >= 0.3 is 0 Å². The summed E-state index contributed by atoms with van der Waals surface area (Å²) in [6.07, 6.45) is 0.968. The van der Waals surface area contributed by atoms with Gasteiger partial charge in [0, 0.05) is 0 Å². The highest BCUT2D eigenvalue weighted by Gasteiger charge is 2.32. The van der Waals surface area contributed by atoms with E-state index in [2.05, 4.69) is 133 Å². The second kappa shape index (κ2) is 11.3. The van der Waals surface area contributed by atoms with Gasteiger partial charge in [0.1, 0.15) is 0 Å². The van der Waals surface area contributed by atoms with E-state index in [0.29, 0.717) is 6.61 Å². The molecule has 0 saturated heterocycles. The van der Waals surface area contributed by atoms with Gasteiger partial charge < -0.3 is 0 Å². The Morgan fingerprint density at radius 2 is 0.806 bits per heavy atom. The molecule has 0 spiro atoms. The molecule has 4 aromatic carbocycles. The van der Waals surface area contributed by atoms with Crippen molar-refractivity contribution in [1.82, 2.24) is 4.60 Å². The summed E-state index contributed by atoms with van der Waals surface area (Å²) in [4.78, 5) is 6.62. The SMILES string of the molecule is CCCON(P(c1ccccc1)c1ccccc1)P(c1ccccc1)c1ccccc1. The minimum Gasteiger partial charge on any atom is -0.290 e. The van der Waals surface area contributed by atoms with E-state index in [1.807, 2.05) is 0 Å². The summed E-state index contributed by atoms with van der Waals surface area (Å²) < 4.78 is 2.32. The maximum absolute atomic E-state index is 6.62. The normalized spacial score (nSPS) is 11.4. The molecular formula is C27H27NOP2. The molecule has 0 aliphatic carbocycles. The van der Waals surface area contributed by atoms with Crippen LogP contribution in [-0.2, 0) is 4.84 Å². The smallest absolute Gasteiger partial charge is 0.0690 e. The average Bonchev–Trinajstić information content (AvgIpc) is 2.85. The summed E-state index contributed by atoms with van der Waals surface area (Å²) in [6.45, 7) is 2.86. The fourth-order valence-corrected chi connectivity index (χ4v) is 8.90. The van der Waals surface area contributed by atoms with Crippen molar-refractivity contribution >= 4 is 37.4 Å². The first-order valence-corrected chi connectivity index (χ1v) is 13.2. The summed E-state index contributed by atoms with van der Waals surface area (Å²) >= 11 is 0. The number of benzene rings is 4. The molecule has 4 aromatic rings. The van der Waals surface area contributed by atoms with Crippen LogP contribution in [0, 0.1) is 0 Å². The molecule has 0 fully saturated rings. The molecule has 4 heteroatoms. The molecule has 31 heavy (non-hydrogen) atoms. The summed E-state index contributed by atoms with van der Waals surface area (Å²) in [5.74, 6) is 0. The van der Waals surface area contributed by atoms with Crippen LogP contribution in [0.1, 0.15) is 13.3 Å². The average molecular weight is 443 g/mol. The zero-order valence-corrected chi connectivity index (χ0v) is 19.5. The van der Waals surface area contributed by atoms with E-state index >= 15 is 0 Å². The monoisotopic (exact) mass is 443 g/mol. The van der Waals surface area contributed by atoms with Crippen LogP contribution >= 0.6 is 16.1 Å². The standard InChI is InChI=1S/C27H27NOP2/c1-2-23-29-28(30(24-15-7-3-8-16-24)25-17-9-4-10-18-25)31(26-19-11-5-12-20-26)27-21-13-6-14-22-27/h3-22H,2,23H2,1H3. The lowest BCUT2D eigenvalue weighted by atomic mass is 10.4. The first kappa shape index (κ1) is 21.9. The molecule has 0 saturated carbocycles. The lowest BCUT2D eigenvalue weighted by Gasteiger charge is -2.37. The predicted molar refractivity (Wildman–Crippen MR) is 136 cm³/mol. The van der Waals surface area contributed by atoms with Gasteiger partial charge in [0.05, 0.1) is 22.8 Å². The molecule has 0 aliphatic rings. The van der Waals surface area contributed by atoms with Gasteiger partial charge in [-0.25, -0.2) is 0 Å². The van der Waals surface area contributed by atoms with E-state index < -0.39 is 16.1 Å². The van der Waals surface area contributed by atoms with Crippen molar-refractivity contribution in [2.24, 2.45) is 0 Å². The third-order valence-corrected chi connectivity index (χ3v) is 9.89. The molecule has 0 atom stereocenters. The maximum Gasteiger partial charge on any atom is 0.0690 e. The van der Waals surface area contributed by atoms with Crippen molar-refractivity contribution in [3.63, 3.8) is 0 Å². The molecule has 0 amide bonds. The third-order valence-electron chi connectivity index (χ3n) is 4.76. The van der Waals surface area contributed by atoms with Crippen LogP contribution in [0.15, 0.2) is 121 Å². The van der Waals surface area contributed by atoms with Crippen molar-refractivity contribution in [3.8, 4) is 0 Å². The van der Waals surface area contributed by atoms with E-state index in [-0.39, 0.29) is 0 Å². The summed E-state index contributed by atoms with van der Waals surface area (Å²) in [5.41, 5.74) is 0. The van der Waals surface area contributed by atoms with Crippen LogP contribution < -0.4 is 21.2 Å². The molecule has 0 aromatic heterocycles. The van der Waals surface area contributed by atoms with Crippen LogP contribution in [0.3, 0.4) is 0 Å². The Kier molecular flexibility index (Phi) is 7.99. The molecule has 0 unspecified atom stereocenters. The first-order chi connectivity index (χ1) is 15.4. The topological polar surface area (TPSA) is 12.5 Å². The maximum atomic E-state index is 6.62. The quantitative estimate of drug-likeness (QED) is 0.242.